The highest BCUT2D eigenvalue weighted by Gasteiger charge is 2.11. The Morgan fingerprint density at radius 3 is 2.21 bits per heavy atom. The SMILES string of the molecule is Cc1c(O)cc(CCc2ccc(N)cc2)c(O)c1C. The van der Waals surface area contributed by atoms with Crippen molar-refractivity contribution in [3.05, 3.63) is 52.6 Å². The lowest BCUT2D eigenvalue weighted by Crippen LogP contribution is -1.95. The van der Waals surface area contributed by atoms with E-state index in [9.17, 15) is 10.2 Å². The van der Waals surface area contributed by atoms with Gasteiger partial charge < -0.3 is 15.9 Å². The number of hydrogen-bond donors (Lipinski definition) is 3. The van der Waals surface area contributed by atoms with Crippen molar-refractivity contribution in [2.24, 2.45) is 0 Å². The number of anilines is 1. The zero-order valence-electron chi connectivity index (χ0n) is 11.3. The van der Waals surface area contributed by atoms with E-state index in [4.69, 9.17) is 5.73 Å². The van der Waals surface area contributed by atoms with E-state index >= 15 is 0 Å². The van der Waals surface area contributed by atoms with Crippen molar-refractivity contribution in [2.75, 3.05) is 5.73 Å². The Balaban J connectivity index is 2.18. The van der Waals surface area contributed by atoms with E-state index in [1.54, 1.807) is 13.0 Å². The maximum absolute atomic E-state index is 10.1. The molecule has 3 heteroatoms. The lowest BCUT2D eigenvalue weighted by molar-refractivity contribution is 0.447. The Bertz CT molecular complexity index is 589. The highest BCUT2D eigenvalue weighted by atomic mass is 16.3. The second kappa shape index (κ2) is 5.22. The molecule has 0 aromatic heterocycles. The van der Waals surface area contributed by atoms with Crippen molar-refractivity contribution in [3.63, 3.8) is 0 Å². The fourth-order valence-corrected chi connectivity index (χ4v) is 2.11. The first-order chi connectivity index (χ1) is 8.99. The maximum Gasteiger partial charge on any atom is 0.122 e. The third-order valence-corrected chi connectivity index (χ3v) is 3.58. The predicted molar refractivity (Wildman–Crippen MR) is 77.5 cm³/mol. The second-order valence-electron chi connectivity index (χ2n) is 4.90. The number of hydrogen-bond acceptors (Lipinski definition) is 3. The van der Waals surface area contributed by atoms with Crippen LogP contribution in [-0.4, -0.2) is 10.2 Å². The molecule has 0 heterocycles. The Morgan fingerprint density at radius 1 is 0.947 bits per heavy atom. The molecule has 0 fully saturated rings. The fraction of sp³-hybridized carbons (Fsp3) is 0.250. The molecule has 0 radical (unpaired) electrons. The van der Waals surface area contributed by atoms with Crippen LogP contribution in [0.2, 0.25) is 0 Å². The summed E-state index contributed by atoms with van der Waals surface area (Å²) in [7, 11) is 0. The average molecular weight is 257 g/mol. The molecule has 2 aromatic carbocycles. The van der Waals surface area contributed by atoms with Crippen LogP contribution in [0.25, 0.3) is 0 Å². The summed E-state index contributed by atoms with van der Waals surface area (Å²) in [6.07, 6.45) is 1.49. The summed E-state index contributed by atoms with van der Waals surface area (Å²) < 4.78 is 0. The lowest BCUT2D eigenvalue weighted by atomic mass is 9.98. The Kier molecular flexibility index (Phi) is 3.65. The van der Waals surface area contributed by atoms with Gasteiger partial charge in [-0.2, -0.15) is 0 Å². The van der Waals surface area contributed by atoms with Crippen LogP contribution in [0, 0.1) is 13.8 Å². The Morgan fingerprint density at radius 2 is 1.58 bits per heavy atom. The van der Waals surface area contributed by atoms with E-state index in [0.29, 0.717) is 6.42 Å². The molecule has 0 atom stereocenters. The average Bonchev–Trinajstić information content (AvgIpc) is 2.41. The summed E-state index contributed by atoms with van der Waals surface area (Å²) in [6, 6.07) is 9.34. The van der Waals surface area contributed by atoms with Gasteiger partial charge in [-0.1, -0.05) is 12.1 Å². The summed E-state index contributed by atoms with van der Waals surface area (Å²) in [5.41, 5.74) is 9.79. The molecule has 0 spiro atoms. The van der Waals surface area contributed by atoms with Gasteiger partial charge in [-0.05, 0) is 67.1 Å². The van der Waals surface area contributed by atoms with E-state index in [-0.39, 0.29) is 11.5 Å². The van der Waals surface area contributed by atoms with Crippen LogP contribution in [0.4, 0.5) is 5.69 Å². The number of rotatable bonds is 3. The topological polar surface area (TPSA) is 66.5 Å². The number of phenols is 2. The second-order valence-corrected chi connectivity index (χ2v) is 4.90. The number of benzene rings is 2. The molecule has 0 amide bonds. The molecule has 0 saturated heterocycles. The van der Waals surface area contributed by atoms with E-state index in [2.05, 4.69) is 0 Å². The van der Waals surface area contributed by atoms with Crippen LogP contribution in [0.3, 0.4) is 0 Å². The number of nitrogens with two attached hydrogens (primary N) is 1. The van der Waals surface area contributed by atoms with Crippen LogP contribution in [0.15, 0.2) is 30.3 Å². The fourth-order valence-electron chi connectivity index (χ4n) is 2.11. The van der Waals surface area contributed by atoms with Crippen LogP contribution < -0.4 is 5.73 Å². The maximum atomic E-state index is 10.1. The van der Waals surface area contributed by atoms with E-state index in [0.717, 1.165) is 34.4 Å². The smallest absolute Gasteiger partial charge is 0.122 e. The van der Waals surface area contributed by atoms with E-state index in [1.807, 2.05) is 31.2 Å². The first kappa shape index (κ1) is 13.3. The van der Waals surface area contributed by atoms with Gasteiger partial charge in [0.2, 0.25) is 0 Å². The summed E-state index contributed by atoms with van der Waals surface area (Å²) in [5, 5.41) is 19.9. The standard InChI is InChI=1S/C16H19NO2/c1-10-11(2)16(19)13(9-15(10)18)6-3-12-4-7-14(17)8-5-12/h4-5,7-9,18-19H,3,6,17H2,1-2H3. The number of nitrogen functional groups attached to an aromatic ring is 1. The zero-order valence-corrected chi connectivity index (χ0v) is 11.3. The van der Waals surface area contributed by atoms with Crippen molar-refractivity contribution in [2.45, 2.75) is 26.7 Å². The molecule has 19 heavy (non-hydrogen) atoms. The summed E-state index contributed by atoms with van der Waals surface area (Å²) in [6.45, 7) is 3.62. The predicted octanol–water partition coefficient (Wildman–Crippen LogP) is 3.08. The molecule has 0 aliphatic heterocycles. The molecule has 2 aromatic rings. The molecule has 0 saturated carbocycles. The molecular weight excluding hydrogens is 238 g/mol. The van der Waals surface area contributed by atoms with Gasteiger partial charge in [-0.25, -0.2) is 0 Å². The van der Waals surface area contributed by atoms with Crippen LogP contribution in [0.1, 0.15) is 22.3 Å². The molecule has 0 unspecified atom stereocenters. The lowest BCUT2D eigenvalue weighted by Gasteiger charge is -2.11. The number of phenolic OH excluding ortho intramolecular Hbond substituents is 2. The first-order valence-electron chi connectivity index (χ1n) is 6.34. The van der Waals surface area contributed by atoms with Crippen LogP contribution in [-0.2, 0) is 12.8 Å². The van der Waals surface area contributed by atoms with Gasteiger partial charge in [0.05, 0.1) is 0 Å². The van der Waals surface area contributed by atoms with E-state index in [1.165, 1.54) is 0 Å². The van der Waals surface area contributed by atoms with Crippen LogP contribution in [0.5, 0.6) is 11.5 Å². The molecule has 2 rings (SSSR count). The quantitative estimate of drug-likeness (QED) is 0.584. The minimum absolute atomic E-state index is 0.239. The third-order valence-electron chi connectivity index (χ3n) is 3.58. The van der Waals surface area contributed by atoms with Crippen molar-refractivity contribution in [1.82, 2.24) is 0 Å². The van der Waals surface area contributed by atoms with Crippen molar-refractivity contribution < 1.29 is 10.2 Å². The highest BCUT2D eigenvalue weighted by Crippen LogP contribution is 2.32. The summed E-state index contributed by atoms with van der Waals surface area (Å²) >= 11 is 0. The van der Waals surface area contributed by atoms with Gasteiger partial charge in [-0.15, -0.1) is 0 Å². The van der Waals surface area contributed by atoms with Gasteiger partial charge in [0.1, 0.15) is 11.5 Å². The monoisotopic (exact) mass is 257 g/mol. The molecule has 100 valence electrons. The van der Waals surface area contributed by atoms with Gasteiger partial charge in [0, 0.05) is 5.69 Å². The zero-order chi connectivity index (χ0) is 14.0. The number of aromatic hydroxyl groups is 2. The summed E-state index contributed by atoms with van der Waals surface area (Å²) in [4.78, 5) is 0. The minimum Gasteiger partial charge on any atom is -0.508 e. The van der Waals surface area contributed by atoms with Gasteiger partial charge in [0.25, 0.3) is 0 Å². The van der Waals surface area contributed by atoms with E-state index < -0.39 is 0 Å². The molecule has 3 nitrogen and oxygen atoms in total. The Labute approximate surface area is 113 Å². The highest BCUT2D eigenvalue weighted by molar-refractivity contribution is 5.51. The van der Waals surface area contributed by atoms with Gasteiger partial charge in [-0.3, -0.25) is 0 Å². The molecule has 0 bridgehead atoms. The number of aryl methyl sites for hydroxylation is 2. The molecular formula is C16H19NO2. The third kappa shape index (κ3) is 2.81. The van der Waals surface area contributed by atoms with Gasteiger partial charge >= 0.3 is 0 Å². The first-order valence-corrected chi connectivity index (χ1v) is 6.34. The summed E-state index contributed by atoms with van der Waals surface area (Å²) in [5.74, 6) is 0.522. The molecule has 4 N–H and O–H groups in total. The molecule has 0 aliphatic rings. The van der Waals surface area contributed by atoms with Crippen LogP contribution >= 0.6 is 0 Å². The normalized spacial score (nSPS) is 10.6. The Hall–Kier alpha value is -2.16. The minimum atomic E-state index is 0.239. The largest absolute Gasteiger partial charge is 0.508 e. The van der Waals surface area contributed by atoms with Crippen molar-refractivity contribution in [1.29, 1.82) is 0 Å². The van der Waals surface area contributed by atoms with Crippen molar-refractivity contribution >= 4 is 5.69 Å². The van der Waals surface area contributed by atoms with Crippen molar-refractivity contribution in [3.8, 4) is 11.5 Å². The molecule has 0 aliphatic carbocycles. The van der Waals surface area contributed by atoms with Gasteiger partial charge in [0.15, 0.2) is 0 Å².